The van der Waals surface area contributed by atoms with Crippen molar-refractivity contribution >= 4 is 0 Å². The van der Waals surface area contributed by atoms with Gasteiger partial charge in [0.15, 0.2) is 0 Å². The number of rotatable bonds is 5. The molecule has 0 N–H and O–H groups in total. The molecule has 0 spiro atoms. The zero-order valence-corrected chi connectivity index (χ0v) is 8.06. The summed E-state index contributed by atoms with van der Waals surface area (Å²) in [5, 5.41) is 0. The molecule has 0 aliphatic heterocycles. The molecule has 0 aliphatic carbocycles. The van der Waals surface area contributed by atoms with E-state index in [4.69, 9.17) is 0 Å². The molecule has 0 aromatic carbocycles. The van der Waals surface area contributed by atoms with Gasteiger partial charge in [-0.1, -0.05) is 25.7 Å². The number of unbranched alkanes of at least 4 members (excludes halogenated alkanes) is 2. The van der Waals surface area contributed by atoms with Crippen molar-refractivity contribution in [2.45, 2.75) is 26.2 Å². The molecule has 0 radical (unpaired) electrons. The summed E-state index contributed by atoms with van der Waals surface area (Å²) in [5.74, 6) is 0. The normalized spacial score (nSPS) is 10.8. The van der Waals surface area contributed by atoms with Crippen molar-refractivity contribution in [1.29, 1.82) is 0 Å². The molecule has 0 aromatic rings. The van der Waals surface area contributed by atoms with Gasteiger partial charge in [-0.3, -0.25) is 4.48 Å². The summed E-state index contributed by atoms with van der Waals surface area (Å²) in [7, 11) is 4.35. The molecule has 0 heterocycles. The molecule has 64 valence electrons. The molecule has 0 saturated carbocycles. The standard InChI is InChI=1S/C10H20N/c1-5-7-8-10-11(3,4)9-6-2/h9H,2,5,7-8,10H2,1,3-4H3/q+1. The maximum atomic E-state index is 3.58. The van der Waals surface area contributed by atoms with Gasteiger partial charge in [-0.25, -0.2) is 0 Å². The van der Waals surface area contributed by atoms with E-state index < -0.39 is 0 Å². The Balaban J connectivity index is 3.63. The first-order chi connectivity index (χ1) is 5.12. The average molecular weight is 154 g/mol. The van der Waals surface area contributed by atoms with E-state index in [1.54, 1.807) is 0 Å². The van der Waals surface area contributed by atoms with Crippen LogP contribution >= 0.6 is 0 Å². The van der Waals surface area contributed by atoms with Crippen molar-refractivity contribution in [2.24, 2.45) is 0 Å². The van der Waals surface area contributed by atoms with Crippen molar-refractivity contribution in [3.05, 3.63) is 18.5 Å². The number of hydrogen-bond acceptors (Lipinski definition) is 0. The highest BCUT2D eigenvalue weighted by molar-refractivity contribution is 4.65. The summed E-state index contributed by atoms with van der Waals surface area (Å²) in [6.07, 6.45) is 5.92. The first-order valence-corrected chi connectivity index (χ1v) is 4.32. The van der Waals surface area contributed by atoms with Crippen LogP contribution in [0.1, 0.15) is 26.2 Å². The van der Waals surface area contributed by atoms with Gasteiger partial charge in [0.05, 0.1) is 20.6 Å². The van der Waals surface area contributed by atoms with E-state index in [0.29, 0.717) is 0 Å². The molecular weight excluding hydrogens is 134 g/mol. The third-order valence-electron chi connectivity index (χ3n) is 1.78. The van der Waals surface area contributed by atoms with Gasteiger partial charge in [0.2, 0.25) is 0 Å². The average Bonchev–Trinajstić information content (AvgIpc) is 1.87. The molecule has 1 heteroatoms. The van der Waals surface area contributed by atoms with Gasteiger partial charge in [-0.15, -0.1) is 0 Å². The summed E-state index contributed by atoms with van der Waals surface area (Å²) in [5.41, 5.74) is 2.83. The summed E-state index contributed by atoms with van der Waals surface area (Å²) in [4.78, 5) is 0. The molecule has 0 atom stereocenters. The van der Waals surface area contributed by atoms with Crippen molar-refractivity contribution in [3.63, 3.8) is 0 Å². The molecule has 1 nitrogen and oxygen atoms in total. The molecule has 0 unspecified atom stereocenters. The van der Waals surface area contributed by atoms with E-state index in [-0.39, 0.29) is 0 Å². The lowest BCUT2D eigenvalue weighted by molar-refractivity contribution is -0.839. The van der Waals surface area contributed by atoms with Gasteiger partial charge < -0.3 is 0 Å². The quantitative estimate of drug-likeness (QED) is 0.324. The molecular formula is C10H20N+. The SMILES string of the molecule is C=C=C[N+](C)(C)CCCCC. The molecule has 0 aliphatic rings. The van der Waals surface area contributed by atoms with E-state index >= 15 is 0 Å². The summed E-state index contributed by atoms with van der Waals surface area (Å²) < 4.78 is 0.906. The third kappa shape index (κ3) is 5.90. The third-order valence-corrected chi connectivity index (χ3v) is 1.78. The molecule has 0 amide bonds. The van der Waals surface area contributed by atoms with Crippen LogP contribution < -0.4 is 0 Å². The van der Waals surface area contributed by atoms with Crippen LogP contribution in [0.5, 0.6) is 0 Å². The second-order valence-electron chi connectivity index (χ2n) is 3.54. The Morgan fingerprint density at radius 3 is 2.45 bits per heavy atom. The van der Waals surface area contributed by atoms with E-state index in [1.807, 2.05) is 6.20 Å². The second-order valence-corrected chi connectivity index (χ2v) is 3.54. The largest absolute Gasteiger partial charge is 0.295 e. The highest BCUT2D eigenvalue weighted by atomic mass is 15.3. The number of hydrogen-bond donors (Lipinski definition) is 0. The maximum Gasteiger partial charge on any atom is 0.138 e. The maximum absolute atomic E-state index is 3.58. The molecule has 11 heavy (non-hydrogen) atoms. The van der Waals surface area contributed by atoms with Crippen molar-refractivity contribution < 1.29 is 4.48 Å². The second kappa shape index (κ2) is 5.17. The van der Waals surface area contributed by atoms with Crippen LogP contribution in [0, 0.1) is 0 Å². The highest BCUT2D eigenvalue weighted by Gasteiger charge is 2.08. The van der Waals surface area contributed by atoms with Crippen LogP contribution in [-0.4, -0.2) is 25.1 Å². The zero-order chi connectivity index (χ0) is 8.74. The Kier molecular flexibility index (Phi) is 4.93. The van der Waals surface area contributed by atoms with Crippen molar-refractivity contribution in [1.82, 2.24) is 0 Å². The highest BCUT2D eigenvalue weighted by Crippen LogP contribution is 2.03. The minimum Gasteiger partial charge on any atom is -0.295 e. The van der Waals surface area contributed by atoms with Crippen molar-refractivity contribution in [3.8, 4) is 0 Å². The lowest BCUT2D eigenvalue weighted by Gasteiger charge is -2.23. The predicted octanol–water partition coefficient (Wildman–Crippen LogP) is 2.55. The molecule has 0 rings (SSSR count). The van der Waals surface area contributed by atoms with E-state index in [2.05, 4.69) is 33.3 Å². The van der Waals surface area contributed by atoms with Crippen LogP contribution in [0.15, 0.2) is 18.5 Å². The molecule has 0 saturated heterocycles. The fourth-order valence-corrected chi connectivity index (χ4v) is 1.08. The minimum atomic E-state index is 0.906. The molecule has 0 aromatic heterocycles. The van der Waals surface area contributed by atoms with E-state index in [1.165, 1.54) is 25.8 Å². The van der Waals surface area contributed by atoms with E-state index in [9.17, 15) is 0 Å². The van der Waals surface area contributed by atoms with Gasteiger partial charge in [0, 0.05) is 0 Å². The van der Waals surface area contributed by atoms with Gasteiger partial charge in [0.1, 0.15) is 6.20 Å². The summed E-state index contributed by atoms with van der Waals surface area (Å²) in [6, 6.07) is 0. The van der Waals surface area contributed by atoms with Gasteiger partial charge in [0.25, 0.3) is 0 Å². The number of nitrogens with zero attached hydrogens (tertiary/aromatic N) is 1. The van der Waals surface area contributed by atoms with E-state index in [0.717, 1.165) is 4.48 Å². The first-order valence-electron chi connectivity index (χ1n) is 4.32. The fourth-order valence-electron chi connectivity index (χ4n) is 1.08. The molecule has 0 bridgehead atoms. The number of quaternary nitrogens is 1. The van der Waals surface area contributed by atoms with Crippen molar-refractivity contribution in [2.75, 3.05) is 20.6 Å². The van der Waals surface area contributed by atoms with Crippen LogP contribution in [0.4, 0.5) is 0 Å². The first kappa shape index (κ1) is 10.5. The lowest BCUT2D eigenvalue weighted by atomic mass is 10.2. The fraction of sp³-hybridized carbons (Fsp3) is 0.700. The predicted molar refractivity (Wildman–Crippen MR) is 50.2 cm³/mol. The Morgan fingerprint density at radius 2 is 2.00 bits per heavy atom. The Morgan fingerprint density at radius 1 is 1.36 bits per heavy atom. The monoisotopic (exact) mass is 154 g/mol. The Labute approximate surface area is 70.6 Å². The van der Waals surface area contributed by atoms with Gasteiger partial charge >= 0.3 is 0 Å². The summed E-state index contributed by atoms with van der Waals surface area (Å²) in [6.45, 7) is 6.99. The molecule has 0 fully saturated rings. The van der Waals surface area contributed by atoms with Crippen LogP contribution in [0.3, 0.4) is 0 Å². The van der Waals surface area contributed by atoms with Crippen LogP contribution in [0.2, 0.25) is 0 Å². The van der Waals surface area contributed by atoms with Gasteiger partial charge in [-0.2, -0.15) is 0 Å². The minimum absolute atomic E-state index is 0.906. The topological polar surface area (TPSA) is 0 Å². The Bertz CT molecular complexity index is 141. The Hall–Kier alpha value is -0.520. The van der Waals surface area contributed by atoms with Crippen LogP contribution in [0.25, 0.3) is 0 Å². The lowest BCUT2D eigenvalue weighted by Crippen LogP contribution is -2.33. The summed E-state index contributed by atoms with van der Waals surface area (Å²) >= 11 is 0. The zero-order valence-electron chi connectivity index (χ0n) is 8.06. The van der Waals surface area contributed by atoms with Gasteiger partial charge in [-0.05, 0) is 12.8 Å². The van der Waals surface area contributed by atoms with Crippen LogP contribution in [-0.2, 0) is 0 Å². The smallest absolute Gasteiger partial charge is 0.138 e.